The van der Waals surface area contributed by atoms with Crippen LogP contribution in [0.2, 0.25) is 0 Å². The number of ether oxygens (including phenoxy) is 1. The quantitative estimate of drug-likeness (QED) is 0.808. The molecule has 4 heteroatoms. The highest BCUT2D eigenvalue weighted by molar-refractivity contribution is 9.10. The molecule has 0 saturated heterocycles. The third-order valence-corrected chi connectivity index (χ3v) is 4.11. The number of benzene rings is 1. The molecule has 2 nitrogen and oxygen atoms in total. The maximum Gasteiger partial charge on any atom is 0.228 e. The van der Waals surface area contributed by atoms with Crippen molar-refractivity contribution in [3.8, 4) is 5.88 Å². The van der Waals surface area contributed by atoms with E-state index in [2.05, 4.69) is 36.8 Å². The maximum atomic E-state index is 5.70. The topological polar surface area (TPSA) is 22.1 Å². The van der Waals surface area contributed by atoms with Crippen LogP contribution in [0.4, 0.5) is 0 Å². The minimum absolute atomic E-state index is 0.497. The number of rotatable bonds is 3. The molecule has 0 saturated carbocycles. The predicted molar refractivity (Wildman–Crippen MR) is 75.1 cm³/mol. The number of pyridine rings is 1. The van der Waals surface area contributed by atoms with E-state index in [-0.39, 0.29) is 0 Å². The molecule has 1 aromatic heterocycles. The Balaban J connectivity index is 2.13. The highest BCUT2D eigenvalue weighted by Crippen LogP contribution is 2.26. The first kappa shape index (κ1) is 12.6. The second-order valence-electron chi connectivity index (χ2n) is 3.63. The van der Waals surface area contributed by atoms with Gasteiger partial charge in [-0.3, -0.25) is 0 Å². The first-order chi connectivity index (χ1) is 8.18. The summed E-state index contributed by atoms with van der Waals surface area (Å²) in [6, 6.07) is 9.93. The molecular weight excluding hydrogens is 346 g/mol. The average molecular weight is 357 g/mol. The number of aryl methyl sites for hydroxylation is 1. The van der Waals surface area contributed by atoms with Gasteiger partial charge in [-0.2, -0.15) is 0 Å². The van der Waals surface area contributed by atoms with Crippen molar-refractivity contribution in [3.63, 3.8) is 0 Å². The normalized spacial score (nSPS) is 10.3. The first-order valence-corrected chi connectivity index (χ1v) is 6.74. The van der Waals surface area contributed by atoms with Gasteiger partial charge >= 0.3 is 0 Å². The Kier molecular flexibility index (Phi) is 4.18. The standard InChI is InChI=1S/C13H11Br2NO/c1-9-6-7-16-13(12(9)15)17-8-10-4-2-3-5-11(10)14/h2-7H,8H2,1H3. The van der Waals surface area contributed by atoms with Gasteiger partial charge in [-0.1, -0.05) is 34.1 Å². The van der Waals surface area contributed by atoms with Crippen LogP contribution in [0.25, 0.3) is 0 Å². The van der Waals surface area contributed by atoms with Crippen molar-refractivity contribution in [1.29, 1.82) is 0 Å². The SMILES string of the molecule is Cc1ccnc(OCc2ccccc2Br)c1Br. The van der Waals surface area contributed by atoms with Crippen LogP contribution in [0, 0.1) is 6.92 Å². The van der Waals surface area contributed by atoms with Crippen LogP contribution >= 0.6 is 31.9 Å². The number of nitrogens with zero attached hydrogens (tertiary/aromatic N) is 1. The molecule has 0 N–H and O–H groups in total. The zero-order valence-electron chi connectivity index (χ0n) is 9.28. The molecule has 2 aromatic rings. The molecule has 0 aliphatic heterocycles. The minimum Gasteiger partial charge on any atom is -0.472 e. The van der Waals surface area contributed by atoms with Crippen LogP contribution in [0.3, 0.4) is 0 Å². The van der Waals surface area contributed by atoms with Gasteiger partial charge in [0, 0.05) is 16.2 Å². The molecule has 17 heavy (non-hydrogen) atoms. The molecule has 0 aliphatic rings. The van der Waals surface area contributed by atoms with Gasteiger partial charge in [0.25, 0.3) is 0 Å². The van der Waals surface area contributed by atoms with Gasteiger partial charge in [0.15, 0.2) is 0 Å². The number of halogens is 2. The van der Waals surface area contributed by atoms with Gasteiger partial charge in [0.2, 0.25) is 5.88 Å². The van der Waals surface area contributed by atoms with E-state index in [4.69, 9.17) is 4.74 Å². The molecular formula is C13H11Br2NO. The lowest BCUT2D eigenvalue weighted by Crippen LogP contribution is -1.99. The summed E-state index contributed by atoms with van der Waals surface area (Å²) in [5, 5.41) is 0. The van der Waals surface area contributed by atoms with E-state index < -0.39 is 0 Å². The van der Waals surface area contributed by atoms with Gasteiger partial charge in [0.05, 0.1) is 4.47 Å². The van der Waals surface area contributed by atoms with Crippen LogP contribution in [-0.2, 0) is 6.61 Å². The molecule has 2 rings (SSSR count). The summed E-state index contributed by atoms with van der Waals surface area (Å²) < 4.78 is 7.65. The van der Waals surface area contributed by atoms with Crippen LogP contribution < -0.4 is 4.74 Å². The lowest BCUT2D eigenvalue weighted by molar-refractivity contribution is 0.291. The molecule has 0 amide bonds. The summed E-state index contributed by atoms with van der Waals surface area (Å²) in [7, 11) is 0. The summed E-state index contributed by atoms with van der Waals surface area (Å²) in [6.45, 7) is 2.51. The molecule has 0 spiro atoms. The van der Waals surface area contributed by atoms with Crippen molar-refractivity contribution in [2.45, 2.75) is 13.5 Å². The van der Waals surface area contributed by atoms with Crippen molar-refractivity contribution in [2.75, 3.05) is 0 Å². The Labute approximate surface area is 117 Å². The second-order valence-corrected chi connectivity index (χ2v) is 5.27. The Hall–Kier alpha value is -0.870. The third-order valence-electron chi connectivity index (χ3n) is 2.37. The highest BCUT2D eigenvalue weighted by atomic mass is 79.9. The molecule has 0 aliphatic carbocycles. The van der Waals surface area contributed by atoms with E-state index in [1.54, 1.807) is 6.20 Å². The van der Waals surface area contributed by atoms with Crippen molar-refractivity contribution >= 4 is 31.9 Å². The van der Waals surface area contributed by atoms with Gasteiger partial charge in [-0.25, -0.2) is 4.98 Å². The van der Waals surface area contributed by atoms with Gasteiger partial charge in [-0.15, -0.1) is 0 Å². The Morgan fingerprint density at radius 2 is 1.94 bits per heavy atom. The van der Waals surface area contributed by atoms with Crippen molar-refractivity contribution in [3.05, 3.63) is 56.6 Å². The zero-order chi connectivity index (χ0) is 12.3. The first-order valence-electron chi connectivity index (χ1n) is 5.16. The molecule has 0 bridgehead atoms. The summed E-state index contributed by atoms with van der Waals surface area (Å²) in [5.41, 5.74) is 2.21. The van der Waals surface area contributed by atoms with Crippen LogP contribution in [-0.4, -0.2) is 4.98 Å². The van der Waals surface area contributed by atoms with E-state index in [1.165, 1.54) is 0 Å². The zero-order valence-corrected chi connectivity index (χ0v) is 12.5. The van der Waals surface area contributed by atoms with E-state index in [9.17, 15) is 0 Å². The molecule has 0 fully saturated rings. The third kappa shape index (κ3) is 3.07. The fourth-order valence-corrected chi connectivity index (χ4v) is 2.13. The van der Waals surface area contributed by atoms with Crippen LogP contribution in [0.15, 0.2) is 45.5 Å². The van der Waals surface area contributed by atoms with Crippen molar-refractivity contribution in [2.24, 2.45) is 0 Å². The van der Waals surface area contributed by atoms with E-state index in [0.29, 0.717) is 12.5 Å². The molecule has 1 heterocycles. The van der Waals surface area contributed by atoms with E-state index in [0.717, 1.165) is 20.1 Å². The van der Waals surface area contributed by atoms with Crippen LogP contribution in [0.5, 0.6) is 5.88 Å². The lowest BCUT2D eigenvalue weighted by atomic mass is 10.2. The largest absolute Gasteiger partial charge is 0.472 e. The van der Waals surface area contributed by atoms with Crippen molar-refractivity contribution < 1.29 is 4.74 Å². The van der Waals surface area contributed by atoms with E-state index >= 15 is 0 Å². The highest BCUT2D eigenvalue weighted by Gasteiger charge is 2.06. The summed E-state index contributed by atoms with van der Waals surface area (Å²) >= 11 is 6.96. The summed E-state index contributed by atoms with van der Waals surface area (Å²) in [6.07, 6.45) is 1.75. The molecule has 88 valence electrons. The lowest BCUT2D eigenvalue weighted by Gasteiger charge is -2.09. The Morgan fingerprint density at radius 3 is 2.71 bits per heavy atom. The fourth-order valence-electron chi connectivity index (χ4n) is 1.38. The second kappa shape index (κ2) is 5.65. The fraction of sp³-hybridized carbons (Fsp3) is 0.154. The van der Waals surface area contributed by atoms with Gasteiger partial charge < -0.3 is 4.74 Å². The monoisotopic (exact) mass is 355 g/mol. The summed E-state index contributed by atoms with van der Waals surface area (Å²) in [5.74, 6) is 0.626. The van der Waals surface area contributed by atoms with Crippen LogP contribution in [0.1, 0.15) is 11.1 Å². The predicted octanol–water partition coefficient (Wildman–Crippen LogP) is 4.49. The molecule has 0 unspecified atom stereocenters. The average Bonchev–Trinajstić information content (AvgIpc) is 2.33. The van der Waals surface area contributed by atoms with Gasteiger partial charge in [0.1, 0.15) is 6.61 Å². The molecule has 0 radical (unpaired) electrons. The Morgan fingerprint density at radius 1 is 1.18 bits per heavy atom. The number of aromatic nitrogens is 1. The minimum atomic E-state index is 0.497. The number of hydrogen-bond donors (Lipinski definition) is 0. The molecule has 1 aromatic carbocycles. The van der Waals surface area contributed by atoms with E-state index in [1.807, 2.05) is 37.3 Å². The smallest absolute Gasteiger partial charge is 0.228 e. The summed E-state index contributed by atoms with van der Waals surface area (Å²) in [4.78, 5) is 4.20. The molecule has 0 atom stereocenters. The Bertz CT molecular complexity index is 529. The van der Waals surface area contributed by atoms with Crippen molar-refractivity contribution in [1.82, 2.24) is 4.98 Å². The maximum absolute atomic E-state index is 5.70. The number of hydrogen-bond acceptors (Lipinski definition) is 2. The van der Waals surface area contributed by atoms with Gasteiger partial charge in [-0.05, 0) is 40.5 Å².